The lowest BCUT2D eigenvalue weighted by molar-refractivity contribution is 0.1000. The first kappa shape index (κ1) is 6.36. The maximum atomic E-state index is 10.5. The van der Waals surface area contributed by atoms with E-state index in [-0.39, 0.29) is 11.3 Å². The summed E-state index contributed by atoms with van der Waals surface area (Å²) in [6, 6.07) is 3.27. The molecule has 0 unspecified atom stereocenters. The molecule has 1 heterocycles. The molecule has 0 aliphatic heterocycles. The van der Waals surface area contributed by atoms with Crippen LogP contribution in [0.1, 0.15) is 16.1 Å². The minimum Gasteiger partial charge on any atom is -0.366 e. The predicted molar refractivity (Wildman–Crippen MR) is 34.0 cm³/mol. The zero-order valence-electron chi connectivity index (χ0n) is 5.09. The van der Waals surface area contributed by atoms with E-state index in [1.54, 1.807) is 6.07 Å². The highest BCUT2D eigenvalue weighted by Crippen LogP contribution is 2.02. The van der Waals surface area contributed by atoms with Gasteiger partial charge in [0.25, 0.3) is 5.91 Å². The van der Waals surface area contributed by atoms with Crippen LogP contribution in [0.3, 0.4) is 0 Å². The fourth-order valence-corrected chi connectivity index (χ4v) is 0.667. The highest BCUT2D eigenvalue weighted by atomic mass is 16.1. The SMILES string of the molecule is N#Cc1[nH]ccc1C(N)=O. The van der Waals surface area contributed by atoms with Crippen LogP contribution < -0.4 is 5.73 Å². The van der Waals surface area contributed by atoms with Crippen LogP contribution >= 0.6 is 0 Å². The Morgan fingerprint density at radius 1 is 1.80 bits per heavy atom. The molecular formula is C6H5N3O. The molecule has 0 saturated carbocycles. The molecule has 0 radical (unpaired) electrons. The van der Waals surface area contributed by atoms with Crippen molar-refractivity contribution < 1.29 is 4.79 Å². The minimum atomic E-state index is -0.585. The van der Waals surface area contributed by atoms with Crippen LogP contribution in [0.4, 0.5) is 0 Å². The molecule has 0 bridgehead atoms. The van der Waals surface area contributed by atoms with Gasteiger partial charge in [-0.3, -0.25) is 4.79 Å². The van der Waals surface area contributed by atoms with E-state index >= 15 is 0 Å². The molecule has 0 atom stereocenters. The smallest absolute Gasteiger partial charge is 0.251 e. The number of hydrogen-bond donors (Lipinski definition) is 2. The Kier molecular flexibility index (Phi) is 1.42. The summed E-state index contributed by atoms with van der Waals surface area (Å²) in [6.07, 6.45) is 1.50. The Bertz CT molecular complexity index is 294. The van der Waals surface area contributed by atoms with Crippen molar-refractivity contribution in [1.29, 1.82) is 5.26 Å². The fourth-order valence-electron chi connectivity index (χ4n) is 0.667. The average Bonchev–Trinajstić information content (AvgIpc) is 2.33. The quantitative estimate of drug-likeness (QED) is 0.567. The molecule has 3 N–H and O–H groups in total. The van der Waals surface area contributed by atoms with Gasteiger partial charge >= 0.3 is 0 Å². The number of nitrogens with zero attached hydrogens (tertiary/aromatic N) is 1. The highest BCUT2D eigenvalue weighted by Gasteiger charge is 2.06. The number of H-pyrrole nitrogens is 1. The summed E-state index contributed by atoms with van der Waals surface area (Å²) in [5, 5.41) is 8.37. The second-order valence-corrected chi connectivity index (χ2v) is 1.74. The summed E-state index contributed by atoms with van der Waals surface area (Å²) in [7, 11) is 0. The molecule has 1 aromatic heterocycles. The zero-order chi connectivity index (χ0) is 7.56. The Labute approximate surface area is 57.3 Å². The first-order valence-electron chi connectivity index (χ1n) is 2.63. The van der Waals surface area contributed by atoms with Crippen LogP contribution in [0, 0.1) is 11.3 Å². The summed E-state index contributed by atoms with van der Waals surface area (Å²) >= 11 is 0. The summed E-state index contributed by atoms with van der Waals surface area (Å²) < 4.78 is 0. The number of nitriles is 1. The molecule has 50 valence electrons. The van der Waals surface area contributed by atoms with Crippen LogP contribution in [0.15, 0.2) is 12.3 Å². The van der Waals surface area contributed by atoms with Crippen molar-refractivity contribution in [1.82, 2.24) is 4.98 Å². The van der Waals surface area contributed by atoms with Crippen LogP contribution in [0.25, 0.3) is 0 Å². The van der Waals surface area contributed by atoms with Crippen molar-refractivity contribution in [3.05, 3.63) is 23.5 Å². The van der Waals surface area contributed by atoms with Crippen molar-refractivity contribution in [2.75, 3.05) is 0 Å². The van der Waals surface area contributed by atoms with Gasteiger partial charge in [0.15, 0.2) is 0 Å². The van der Waals surface area contributed by atoms with E-state index in [4.69, 9.17) is 11.0 Å². The van der Waals surface area contributed by atoms with E-state index in [9.17, 15) is 4.79 Å². The van der Waals surface area contributed by atoms with Gasteiger partial charge in [-0.1, -0.05) is 0 Å². The number of nitrogens with two attached hydrogens (primary N) is 1. The van der Waals surface area contributed by atoms with Gasteiger partial charge in [-0.15, -0.1) is 0 Å². The molecule has 0 aliphatic rings. The second-order valence-electron chi connectivity index (χ2n) is 1.74. The monoisotopic (exact) mass is 135 g/mol. The van der Waals surface area contributed by atoms with Gasteiger partial charge in [0.05, 0.1) is 5.56 Å². The van der Waals surface area contributed by atoms with E-state index in [0.717, 1.165) is 0 Å². The van der Waals surface area contributed by atoms with Crippen LogP contribution in [-0.2, 0) is 0 Å². The van der Waals surface area contributed by atoms with E-state index in [1.165, 1.54) is 12.3 Å². The lowest BCUT2D eigenvalue weighted by atomic mass is 10.2. The number of rotatable bonds is 1. The first-order chi connectivity index (χ1) is 4.75. The van der Waals surface area contributed by atoms with Crippen molar-refractivity contribution in [3.63, 3.8) is 0 Å². The van der Waals surface area contributed by atoms with Crippen LogP contribution in [0.2, 0.25) is 0 Å². The summed E-state index contributed by atoms with van der Waals surface area (Å²) in [6.45, 7) is 0. The Hall–Kier alpha value is -1.76. The number of nitrogens with one attached hydrogen (secondary N) is 1. The van der Waals surface area contributed by atoms with Gasteiger partial charge in [0.2, 0.25) is 0 Å². The molecule has 0 saturated heterocycles. The third-order valence-corrected chi connectivity index (χ3v) is 1.12. The van der Waals surface area contributed by atoms with Gasteiger partial charge < -0.3 is 10.7 Å². The Morgan fingerprint density at radius 2 is 2.50 bits per heavy atom. The van der Waals surface area contributed by atoms with Gasteiger partial charge in [0, 0.05) is 6.20 Å². The van der Waals surface area contributed by atoms with E-state index in [0.29, 0.717) is 0 Å². The number of aromatic nitrogens is 1. The Balaban J connectivity index is 3.17. The van der Waals surface area contributed by atoms with Crippen molar-refractivity contribution in [2.45, 2.75) is 0 Å². The number of amides is 1. The summed E-state index contributed by atoms with van der Waals surface area (Å²) in [5.74, 6) is -0.585. The van der Waals surface area contributed by atoms with Crippen LogP contribution in [0.5, 0.6) is 0 Å². The molecule has 4 heteroatoms. The van der Waals surface area contributed by atoms with Gasteiger partial charge in [0.1, 0.15) is 11.8 Å². The van der Waals surface area contributed by atoms with Gasteiger partial charge in [-0.25, -0.2) is 0 Å². The zero-order valence-corrected chi connectivity index (χ0v) is 5.09. The molecule has 0 spiro atoms. The predicted octanol–water partition coefficient (Wildman–Crippen LogP) is -0.0147. The molecule has 0 fully saturated rings. The number of carbonyl (C=O) groups is 1. The second kappa shape index (κ2) is 2.23. The topological polar surface area (TPSA) is 82.7 Å². The largest absolute Gasteiger partial charge is 0.366 e. The molecular weight excluding hydrogens is 130 g/mol. The van der Waals surface area contributed by atoms with Crippen molar-refractivity contribution in [3.8, 4) is 6.07 Å². The minimum absolute atomic E-state index is 0.215. The molecule has 0 aliphatic carbocycles. The lowest BCUT2D eigenvalue weighted by Gasteiger charge is -1.86. The Morgan fingerprint density at radius 3 is 2.90 bits per heavy atom. The van der Waals surface area contributed by atoms with E-state index < -0.39 is 5.91 Å². The molecule has 10 heavy (non-hydrogen) atoms. The van der Waals surface area contributed by atoms with Gasteiger partial charge in [-0.05, 0) is 6.07 Å². The van der Waals surface area contributed by atoms with Crippen LogP contribution in [-0.4, -0.2) is 10.9 Å². The van der Waals surface area contributed by atoms with Crippen molar-refractivity contribution in [2.24, 2.45) is 5.73 Å². The normalized spacial score (nSPS) is 8.70. The third-order valence-electron chi connectivity index (χ3n) is 1.12. The number of hydrogen-bond acceptors (Lipinski definition) is 2. The first-order valence-corrected chi connectivity index (χ1v) is 2.63. The number of aromatic amines is 1. The molecule has 1 rings (SSSR count). The molecule has 1 amide bonds. The number of primary amides is 1. The molecule has 4 nitrogen and oxygen atoms in total. The third kappa shape index (κ3) is 0.845. The fraction of sp³-hybridized carbons (Fsp3) is 0. The lowest BCUT2D eigenvalue weighted by Crippen LogP contribution is -2.11. The van der Waals surface area contributed by atoms with E-state index in [1.807, 2.05) is 0 Å². The summed E-state index contributed by atoms with van der Waals surface area (Å²) in [4.78, 5) is 13.1. The molecule has 0 aromatic carbocycles. The summed E-state index contributed by atoms with van der Waals surface area (Å²) in [5.41, 5.74) is 5.38. The maximum Gasteiger partial charge on any atom is 0.251 e. The van der Waals surface area contributed by atoms with E-state index in [2.05, 4.69) is 4.98 Å². The maximum absolute atomic E-state index is 10.5. The number of carbonyl (C=O) groups excluding carboxylic acids is 1. The van der Waals surface area contributed by atoms with Gasteiger partial charge in [-0.2, -0.15) is 5.26 Å². The molecule has 1 aromatic rings. The average molecular weight is 135 g/mol. The van der Waals surface area contributed by atoms with Crippen molar-refractivity contribution >= 4 is 5.91 Å². The highest BCUT2D eigenvalue weighted by molar-refractivity contribution is 5.94. The standard InChI is InChI=1S/C6H5N3O/c7-3-5-4(6(8)10)1-2-9-5/h1-2,9H,(H2,8,10).